The van der Waals surface area contributed by atoms with Gasteiger partial charge < -0.3 is 21.0 Å². The molecule has 92 valence electrons. The van der Waals surface area contributed by atoms with Gasteiger partial charge in [0, 0.05) is 5.69 Å². The van der Waals surface area contributed by atoms with E-state index in [1.54, 1.807) is 25.3 Å². The number of oxime groups is 1. The molecular weight excluding hydrogens is 222 g/mol. The highest BCUT2D eigenvalue weighted by Crippen LogP contribution is 2.20. The van der Waals surface area contributed by atoms with E-state index < -0.39 is 0 Å². The molecule has 1 aromatic carbocycles. The lowest BCUT2D eigenvalue weighted by atomic mass is 10.2. The number of carbonyl (C=O) groups is 1. The molecule has 1 amide bonds. The van der Waals surface area contributed by atoms with Crippen molar-refractivity contribution in [2.75, 3.05) is 12.4 Å². The largest absolute Gasteiger partial charge is 0.497 e. The predicted octanol–water partition coefficient (Wildman–Crippen LogP) is 1.08. The number of anilines is 1. The number of hydrogen-bond acceptors (Lipinski definition) is 4. The lowest BCUT2D eigenvalue weighted by Gasteiger charge is -2.09. The van der Waals surface area contributed by atoms with Crippen molar-refractivity contribution in [2.24, 2.45) is 10.9 Å². The van der Waals surface area contributed by atoms with Crippen LogP contribution in [-0.2, 0) is 4.79 Å². The first-order chi connectivity index (χ1) is 8.06. The number of nitrogens with one attached hydrogen (secondary N) is 1. The van der Waals surface area contributed by atoms with Gasteiger partial charge in [-0.1, -0.05) is 5.16 Å². The molecule has 0 aliphatic carbocycles. The van der Waals surface area contributed by atoms with Crippen LogP contribution in [0, 0.1) is 6.92 Å². The van der Waals surface area contributed by atoms with Crippen molar-refractivity contribution in [2.45, 2.75) is 13.3 Å². The molecule has 1 rings (SSSR count). The van der Waals surface area contributed by atoms with E-state index in [2.05, 4.69) is 10.5 Å². The number of aryl methyl sites for hydroxylation is 1. The standard InChI is InChI=1S/C11H15N3O3/c1-7-5-8(17-2)3-4-9(7)13-11(15)6-10(12)14-16/h3-5,16H,6H2,1-2H3,(H2,12,14)(H,13,15). The van der Waals surface area contributed by atoms with Crippen LogP contribution in [0.2, 0.25) is 0 Å². The summed E-state index contributed by atoms with van der Waals surface area (Å²) in [7, 11) is 1.57. The Bertz CT molecular complexity index is 444. The zero-order valence-corrected chi connectivity index (χ0v) is 9.73. The number of amidine groups is 1. The van der Waals surface area contributed by atoms with Gasteiger partial charge in [-0.25, -0.2) is 0 Å². The maximum absolute atomic E-state index is 11.5. The summed E-state index contributed by atoms with van der Waals surface area (Å²) in [4.78, 5) is 11.5. The number of nitrogens with two attached hydrogens (primary N) is 1. The summed E-state index contributed by atoms with van der Waals surface area (Å²) in [6.45, 7) is 1.85. The van der Waals surface area contributed by atoms with Crippen LogP contribution >= 0.6 is 0 Å². The number of carbonyl (C=O) groups excluding carboxylic acids is 1. The molecule has 0 aromatic heterocycles. The number of nitrogens with zero attached hydrogens (tertiary/aromatic N) is 1. The van der Waals surface area contributed by atoms with Gasteiger partial charge in [0.15, 0.2) is 0 Å². The van der Waals surface area contributed by atoms with Gasteiger partial charge >= 0.3 is 0 Å². The highest BCUT2D eigenvalue weighted by atomic mass is 16.5. The topological polar surface area (TPSA) is 96.9 Å². The van der Waals surface area contributed by atoms with Crippen LogP contribution in [0.3, 0.4) is 0 Å². The number of rotatable bonds is 4. The molecule has 0 aliphatic heterocycles. The van der Waals surface area contributed by atoms with E-state index >= 15 is 0 Å². The van der Waals surface area contributed by atoms with Crippen LogP contribution < -0.4 is 15.8 Å². The van der Waals surface area contributed by atoms with Crippen molar-refractivity contribution in [1.29, 1.82) is 0 Å². The average molecular weight is 237 g/mol. The Kier molecular flexibility index (Phi) is 4.33. The fraction of sp³-hybridized carbons (Fsp3) is 0.273. The number of benzene rings is 1. The smallest absolute Gasteiger partial charge is 0.232 e. The Morgan fingerprint density at radius 3 is 2.82 bits per heavy atom. The molecule has 0 radical (unpaired) electrons. The van der Waals surface area contributed by atoms with Crippen molar-refractivity contribution in [3.63, 3.8) is 0 Å². The number of methoxy groups -OCH3 is 1. The van der Waals surface area contributed by atoms with E-state index in [0.717, 1.165) is 11.3 Å². The average Bonchev–Trinajstić information content (AvgIpc) is 2.31. The summed E-state index contributed by atoms with van der Waals surface area (Å²) in [5.74, 6) is 0.249. The summed E-state index contributed by atoms with van der Waals surface area (Å²) in [6.07, 6.45) is -0.151. The normalized spacial score (nSPS) is 11.1. The minimum Gasteiger partial charge on any atom is -0.497 e. The molecule has 6 nitrogen and oxygen atoms in total. The lowest BCUT2D eigenvalue weighted by molar-refractivity contribution is -0.115. The van der Waals surface area contributed by atoms with Gasteiger partial charge in [-0.15, -0.1) is 0 Å². The number of hydrogen-bond donors (Lipinski definition) is 3. The fourth-order valence-electron chi connectivity index (χ4n) is 1.30. The molecule has 0 fully saturated rings. The third-order valence-corrected chi connectivity index (χ3v) is 2.18. The summed E-state index contributed by atoms with van der Waals surface area (Å²) in [5, 5.41) is 13.7. The monoisotopic (exact) mass is 237 g/mol. The molecule has 17 heavy (non-hydrogen) atoms. The molecule has 6 heteroatoms. The molecule has 0 spiro atoms. The first kappa shape index (κ1) is 12.8. The molecule has 0 heterocycles. The quantitative estimate of drug-likeness (QED) is 0.316. The van der Waals surface area contributed by atoms with Gasteiger partial charge in [0.25, 0.3) is 0 Å². The highest BCUT2D eigenvalue weighted by molar-refractivity contribution is 6.05. The lowest BCUT2D eigenvalue weighted by Crippen LogP contribution is -2.22. The SMILES string of the molecule is COc1ccc(NC(=O)C/C(N)=N/O)c(C)c1. The van der Waals surface area contributed by atoms with Gasteiger partial charge in [-0.05, 0) is 30.7 Å². The van der Waals surface area contributed by atoms with Gasteiger partial charge in [-0.2, -0.15) is 0 Å². The van der Waals surface area contributed by atoms with Crippen LogP contribution in [0.5, 0.6) is 5.75 Å². The Labute approximate surface area is 99.1 Å². The summed E-state index contributed by atoms with van der Waals surface area (Å²) in [6, 6.07) is 5.28. The third kappa shape index (κ3) is 3.67. The van der Waals surface area contributed by atoms with E-state index in [1.165, 1.54) is 0 Å². The molecular formula is C11H15N3O3. The molecule has 1 aromatic rings. The van der Waals surface area contributed by atoms with Crippen molar-refractivity contribution < 1.29 is 14.7 Å². The van der Waals surface area contributed by atoms with Crippen LogP contribution in [0.1, 0.15) is 12.0 Å². The van der Waals surface area contributed by atoms with Crippen molar-refractivity contribution in [3.05, 3.63) is 23.8 Å². The molecule has 0 saturated heterocycles. The zero-order valence-electron chi connectivity index (χ0n) is 9.73. The van der Waals surface area contributed by atoms with Crippen molar-refractivity contribution >= 4 is 17.4 Å². The second kappa shape index (κ2) is 5.74. The van der Waals surface area contributed by atoms with Gasteiger partial charge in [0.2, 0.25) is 5.91 Å². The predicted molar refractivity (Wildman–Crippen MR) is 64.4 cm³/mol. The fourth-order valence-corrected chi connectivity index (χ4v) is 1.30. The van der Waals surface area contributed by atoms with Gasteiger partial charge in [0.1, 0.15) is 11.6 Å². The highest BCUT2D eigenvalue weighted by Gasteiger charge is 2.07. The van der Waals surface area contributed by atoms with Gasteiger partial charge in [-0.3, -0.25) is 4.79 Å². The number of amides is 1. The molecule has 0 atom stereocenters. The van der Waals surface area contributed by atoms with Gasteiger partial charge in [0.05, 0.1) is 13.5 Å². The van der Waals surface area contributed by atoms with Crippen LogP contribution in [0.25, 0.3) is 0 Å². The van der Waals surface area contributed by atoms with E-state index in [1.807, 2.05) is 6.92 Å². The van der Waals surface area contributed by atoms with Crippen molar-refractivity contribution in [1.82, 2.24) is 0 Å². The second-order valence-corrected chi connectivity index (χ2v) is 3.50. The maximum atomic E-state index is 11.5. The van der Waals surface area contributed by atoms with E-state index in [-0.39, 0.29) is 18.2 Å². The zero-order chi connectivity index (χ0) is 12.8. The second-order valence-electron chi connectivity index (χ2n) is 3.50. The first-order valence-electron chi connectivity index (χ1n) is 4.97. The van der Waals surface area contributed by atoms with Crippen molar-refractivity contribution in [3.8, 4) is 5.75 Å². The van der Waals surface area contributed by atoms with Crippen LogP contribution in [-0.4, -0.2) is 24.1 Å². The molecule has 4 N–H and O–H groups in total. The Balaban J connectivity index is 2.72. The Morgan fingerprint density at radius 1 is 1.59 bits per heavy atom. The molecule has 0 unspecified atom stereocenters. The number of ether oxygens (including phenoxy) is 1. The van der Waals surface area contributed by atoms with E-state index in [9.17, 15) is 4.79 Å². The summed E-state index contributed by atoms with van der Waals surface area (Å²) in [5.41, 5.74) is 6.77. The summed E-state index contributed by atoms with van der Waals surface area (Å²) < 4.78 is 5.05. The van der Waals surface area contributed by atoms with E-state index in [0.29, 0.717) is 5.69 Å². The Morgan fingerprint density at radius 2 is 2.29 bits per heavy atom. The third-order valence-electron chi connectivity index (χ3n) is 2.18. The van der Waals surface area contributed by atoms with Crippen LogP contribution in [0.15, 0.2) is 23.4 Å². The maximum Gasteiger partial charge on any atom is 0.232 e. The Hall–Kier alpha value is -2.24. The molecule has 0 saturated carbocycles. The van der Waals surface area contributed by atoms with Crippen LogP contribution in [0.4, 0.5) is 5.69 Å². The minimum absolute atomic E-state index is 0.131. The molecule has 0 bridgehead atoms. The van der Waals surface area contributed by atoms with E-state index in [4.69, 9.17) is 15.7 Å². The molecule has 0 aliphatic rings. The first-order valence-corrected chi connectivity index (χ1v) is 4.97. The summed E-state index contributed by atoms with van der Waals surface area (Å²) >= 11 is 0. The minimum atomic E-state index is -0.339.